The Balaban J connectivity index is 0.000000269. The predicted molar refractivity (Wildman–Crippen MR) is 114 cm³/mol. The lowest BCUT2D eigenvalue weighted by atomic mass is 10.1. The van der Waals surface area contributed by atoms with Crippen LogP contribution in [0.3, 0.4) is 0 Å². The summed E-state index contributed by atoms with van der Waals surface area (Å²) in [6, 6.07) is 9.30. The maximum atomic E-state index is 11.6. The zero-order chi connectivity index (χ0) is 21.7. The number of rotatable bonds is 4. The molecule has 1 fully saturated rings. The minimum absolute atomic E-state index is 0.148. The minimum atomic E-state index is -0.722. The van der Waals surface area contributed by atoms with Crippen LogP contribution in [0.1, 0.15) is 27.3 Å². The van der Waals surface area contributed by atoms with Gasteiger partial charge in [-0.15, -0.1) is 17.8 Å². The highest BCUT2D eigenvalue weighted by atomic mass is 32.1. The van der Waals surface area contributed by atoms with Crippen LogP contribution >= 0.6 is 11.3 Å². The summed E-state index contributed by atoms with van der Waals surface area (Å²) in [4.78, 5) is 28.9. The summed E-state index contributed by atoms with van der Waals surface area (Å²) in [5, 5.41) is 13.6. The van der Waals surface area contributed by atoms with E-state index in [1.54, 1.807) is 17.9 Å². The van der Waals surface area contributed by atoms with Gasteiger partial charge >= 0.3 is 0 Å². The summed E-state index contributed by atoms with van der Waals surface area (Å²) in [6.45, 7) is 1.15. The van der Waals surface area contributed by atoms with Crippen LogP contribution in [-0.2, 0) is 11.3 Å². The van der Waals surface area contributed by atoms with Gasteiger partial charge in [-0.25, -0.2) is 4.98 Å². The second-order valence-electron chi connectivity index (χ2n) is 6.65. The average Bonchev–Trinajstić information content (AvgIpc) is 3.47. The number of benzene rings is 1. The Morgan fingerprint density at radius 2 is 2.23 bits per heavy atom. The fraction of sp³-hybridized carbons (Fsp3) is 0.238. The molecule has 2 aromatic heterocycles. The van der Waals surface area contributed by atoms with Crippen molar-refractivity contribution in [3.8, 4) is 22.9 Å². The zero-order valence-corrected chi connectivity index (χ0v) is 17.2. The minimum Gasteiger partial charge on any atom is -0.383 e. The van der Waals surface area contributed by atoms with Gasteiger partial charge in [0.25, 0.3) is 11.8 Å². The van der Waals surface area contributed by atoms with E-state index in [0.717, 1.165) is 16.0 Å². The number of likely N-dealkylation sites (tertiary alicyclic amines) is 1. The van der Waals surface area contributed by atoms with E-state index in [1.807, 2.05) is 36.5 Å². The highest BCUT2D eigenvalue weighted by Gasteiger charge is 2.26. The molecule has 4 rings (SSSR count). The normalized spacial score (nSPS) is 15.4. The Hall–Kier alpha value is -3.48. The van der Waals surface area contributed by atoms with E-state index in [2.05, 4.69) is 16.0 Å². The molecule has 0 saturated carbocycles. The first kappa shape index (κ1) is 21.2. The van der Waals surface area contributed by atoms with Gasteiger partial charge in [-0.1, -0.05) is 18.1 Å². The predicted octanol–water partition coefficient (Wildman–Crippen LogP) is 1.34. The molecular formula is C21H21N5O3S. The Bertz CT molecular complexity index is 1070. The van der Waals surface area contributed by atoms with Gasteiger partial charge in [0.05, 0.1) is 11.4 Å². The molecular weight excluding hydrogens is 402 g/mol. The molecule has 1 aromatic carbocycles. The molecule has 0 spiro atoms. The second kappa shape index (κ2) is 9.35. The molecule has 1 aliphatic heterocycles. The average molecular weight is 423 g/mol. The van der Waals surface area contributed by atoms with Gasteiger partial charge in [-0.3, -0.25) is 14.3 Å². The first-order chi connectivity index (χ1) is 14.4. The number of hydrogen-bond acceptors (Lipinski definition) is 6. The highest BCUT2D eigenvalue weighted by molar-refractivity contribution is 7.15. The molecule has 8 nitrogen and oxygen atoms in total. The lowest BCUT2D eigenvalue weighted by Gasteiger charge is -2.04. The van der Waals surface area contributed by atoms with Crippen LogP contribution < -0.4 is 5.73 Å². The van der Waals surface area contributed by atoms with Gasteiger partial charge in [0.15, 0.2) is 0 Å². The number of likely N-dealkylation sites (N-methyl/N-ethyl adjacent to an activating group) is 1. The number of primary amides is 1. The number of nitrogens with zero attached hydrogens (tertiary/aromatic N) is 4. The fourth-order valence-corrected chi connectivity index (χ4v) is 3.92. The first-order valence-corrected chi connectivity index (χ1v) is 9.97. The van der Waals surface area contributed by atoms with Crippen LogP contribution in [0.5, 0.6) is 0 Å². The number of nitrogens with two attached hydrogens (primary N) is 1. The third kappa shape index (κ3) is 4.92. The van der Waals surface area contributed by atoms with Gasteiger partial charge in [0, 0.05) is 37.1 Å². The van der Waals surface area contributed by atoms with Crippen molar-refractivity contribution in [2.75, 3.05) is 13.6 Å². The summed E-state index contributed by atoms with van der Waals surface area (Å²) >= 11 is 1.42. The van der Waals surface area contributed by atoms with Gasteiger partial charge in [0.2, 0.25) is 0 Å². The Morgan fingerprint density at radius 1 is 1.43 bits per heavy atom. The molecule has 1 atom stereocenters. The molecule has 0 bridgehead atoms. The molecule has 1 saturated heterocycles. The summed E-state index contributed by atoms with van der Waals surface area (Å²) < 4.78 is 1.72. The van der Waals surface area contributed by atoms with E-state index in [4.69, 9.17) is 17.3 Å². The number of carbonyl (C=O) groups is 2. The van der Waals surface area contributed by atoms with Crippen molar-refractivity contribution in [3.05, 3.63) is 58.9 Å². The molecule has 3 aromatic rings. The quantitative estimate of drug-likeness (QED) is 0.615. The van der Waals surface area contributed by atoms with Crippen LogP contribution in [-0.4, -0.2) is 56.3 Å². The van der Waals surface area contributed by atoms with Gasteiger partial charge < -0.3 is 15.7 Å². The van der Waals surface area contributed by atoms with Crippen molar-refractivity contribution in [1.29, 1.82) is 0 Å². The largest absolute Gasteiger partial charge is 0.383 e. The van der Waals surface area contributed by atoms with Crippen LogP contribution in [0.2, 0.25) is 0 Å². The van der Waals surface area contributed by atoms with E-state index in [-0.39, 0.29) is 11.6 Å². The third-order valence-corrected chi connectivity index (χ3v) is 5.56. The maximum Gasteiger partial charge on any atom is 0.268 e. The summed E-state index contributed by atoms with van der Waals surface area (Å²) in [5.74, 6) is 1.90. The lowest BCUT2D eigenvalue weighted by molar-refractivity contribution is -0.133. The summed E-state index contributed by atoms with van der Waals surface area (Å²) in [6.07, 6.45) is 8.79. The number of hydrogen-bond donors (Lipinski definition) is 2. The van der Waals surface area contributed by atoms with Crippen LogP contribution in [0, 0.1) is 12.3 Å². The number of aromatic nitrogens is 3. The fourth-order valence-electron chi connectivity index (χ4n) is 2.86. The van der Waals surface area contributed by atoms with Crippen molar-refractivity contribution in [1.82, 2.24) is 19.7 Å². The van der Waals surface area contributed by atoms with Crippen molar-refractivity contribution in [2.45, 2.75) is 19.1 Å². The van der Waals surface area contributed by atoms with Gasteiger partial charge in [-0.05, 0) is 24.6 Å². The number of terminal acetylenes is 1. The van der Waals surface area contributed by atoms with E-state index in [9.17, 15) is 9.59 Å². The standard InChI is InChI=1S/C16H12N4OS.C5H9NO2/c1-2-11-5-3-6-12(9-11)16-19-14(15(17)21)13(22-16)10-20-8-4-7-18-20;1-6-3-2-4(7)5(6)8/h1,3-9H,10H2,(H2,17,21);4,7H,2-3H2,1H3. The SMILES string of the molecule is C#Cc1cccc(-c2nc(C(N)=O)c(Cn3cccn3)s2)c1.CN1CCC(O)C1=O. The molecule has 0 aliphatic carbocycles. The van der Waals surface area contributed by atoms with E-state index in [1.165, 1.54) is 16.2 Å². The Kier molecular flexibility index (Phi) is 6.61. The first-order valence-electron chi connectivity index (χ1n) is 9.16. The number of aliphatic hydroxyl groups excluding tert-OH is 1. The lowest BCUT2D eigenvalue weighted by Crippen LogP contribution is -2.24. The van der Waals surface area contributed by atoms with E-state index >= 15 is 0 Å². The molecule has 154 valence electrons. The molecule has 3 heterocycles. The van der Waals surface area contributed by atoms with Crippen molar-refractivity contribution >= 4 is 23.2 Å². The van der Waals surface area contributed by atoms with Gasteiger partial charge in [0.1, 0.15) is 16.8 Å². The number of amides is 2. The van der Waals surface area contributed by atoms with E-state index < -0.39 is 12.0 Å². The maximum absolute atomic E-state index is 11.6. The monoisotopic (exact) mass is 423 g/mol. The smallest absolute Gasteiger partial charge is 0.268 e. The highest BCUT2D eigenvalue weighted by Crippen LogP contribution is 2.29. The topological polar surface area (TPSA) is 114 Å². The van der Waals surface area contributed by atoms with Crippen molar-refractivity contribution < 1.29 is 14.7 Å². The van der Waals surface area contributed by atoms with Crippen LogP contribution in [0.25, 0.3) is 10.6 Å². The third-order valence-electron chi connectivity index (χ3n) is 4.47. The second-order valence-corrected chi connectivity index (χ2v) is 7.73. The molecule has 1 unspecified atom stereocenters. The van der Waals surface area contributed by atoms with Crippen LogP contribution in [0.4, 0.5) is 0 Å². The molecule has 0 radical (unpaired) electrons. The van der Waals surface area contributed by atoms with Gasteiger partial charge in [-0.2, -0.15) is 5.10 Å². The number of carbonyl (C=O) groups excluding carboxylic acids is 2. The number of aliphatic hydroxyl groups is 1. The van der Waals surface area contributed by atoms with Crippen LogP contribution in [0.15, 0.2) is 42.7 Å². The Labute approximate surface area is 178 Å². The number of thiazole rings is 1. The molecule has 30 heavy (non-hydrogen) atoms. The summed E-state index contributed by atoms with van der Waals surface area (Å²) in [5.41, 5.74) is 7.35. The Morgan fingerprint density at radius 3 is 2.77 bits per heavy atom. The van der Waals surface area contributed by atoms with E-state index in [0.29, 0.717) is 24.5 Å². The molecule has 9 heteroatoms. The van der Waals surface area contributed by atoms with Crippen molar-refractivity contribution in [3.63, 3.8) is 0 Å². The van der Waals surface area contributed by atoms with Crippen molar-refractivity contribution in [2.24, 2.45) is 5.73 Å². The molecule has 1 aliphatic rings. The zero-order valence-electron chi connectivity index (χ0n) is 16.4. The summed E-state index contributed by atoms with van der Waals surface area (Å²) in [7, 11) is 1.69. The molecule has 3 N–H and O–H groups in total. The molecule has 2 amide bonds.